The number of hydrogen-bond acceptors (Lipinski definition) is 0. The first-order valence-electron chi connectivity index (χ1n) is 2.02. The van der Waals surface area contributed by atoms with Crippen LogP contribution in [0.4, 0.5) is 0 Å². The number of hydrogen-bond donors (Lipinski definition) is 0. The second kappa shape index (κ2) is 9.22. The van der Waals surface area contributed by atoms with Crippen LogP contribution >= 0.6 is 0 Å². The zero-order valence-electron chi connectivity index (χ0n) is 4.70. The third kappa shape index (κ3) is 8.83. The summed E-state index contributed by atoms with van der Waals surface area (Å²) in [5.74, 6) is 0. The maximum Gasteiger partial charge on any atom is 0 e. The van der Waals surface area contributed by atoms with Gasteiger partial charge in [0.2, 0.25) is 0 Å². The number of unbranched alkanes of at least 4 members (excludes halogenated alkanes) is 1. The fraction of sp³-hybridized carbons (Fsp3) is 0.600. The van der Waals surface area contributed by atoms with Crippen molar-refractivity contribution in [2.45, 2.75) is 19.8 Å². The SMILES string of the molecule is C=CCCC.[Na]. The fourth-order valence-electron chi connectivity index (χ4n) is 0.204. The van der Waals surface area contributed by atoms with E-state index in [1.54, 1.807) is 0 Å². The molecule has 0 saturated heterocycles. The fourth-order valence-corrected chi connectivity index (χ4v) is 0.204. The van der Waals surface area contributed by atoms with E-state index in [4.69, 9.17) is 0 Å². The summed E-state index contributed by atoms with van der Waals surface area (Å²) in [5.41, 5.74) is 0. The molecule has 0 fully saturated rings. The van der Waals surface area contributed by atoms with Crippen LogP contribution in [0.1, 0.15) is 19.8 Å². The molecule has 31 valence electrons. The van der Waals surface area contributed by atoms with E-state index < -0.39 is 0 Å². The van der Waals surface area contributed by atoms with Crippen LogP contribution in [-0.4, -0.2) is 29.6 Å². The summed E-state index contributed by atoms with van der Waals surface area (Å²) in [7, 11) is 0. The summed E-state index contributed by atoms with van der Waals surface area (Å²) in [6.07, 6.45) is 4.31. The van der Waals surface area contributed by atoms with Crippen molar-refractivity contribution in [3.05, 3.63) is 12.7 Å². The van der Waals surface area contributed by atoms with Crippen LogP contribution in [0.3, 0.4) is 0 Å². The monoisotopic (exact) mass is 93.1 g/mol. The van der Waals surface area contributed by atoms with Gasteiger partial charge in [-0.3, -0.25) is 0 Å². The van der Waals surface area contributed by atoms with Crippen LogP contribution in [0.2, 0.25) is 0 Å². The van der Waals surface area contributed by atoms with Crippen LogP contribution in [0, 0.1) is 0 Å². The molecule has 0 aliphatic carbocycles. The van der Waals surface area contributed by atoms with E-state index in [2.05, 4.69) is 13.5 Å². The summed E-state index contributed by atoms with van der Waals surface area (Å²) in [6, 6.07) is 0. The molecule has 0 aromatic rings. The van der Waals surface area contributed by atoms with Gasteiger partial charge in [0.15, 0.2) is 0 Å². The van der Waals surface area contributed by atoms with Gasteiger partial charge >= 0.3 is 0 Å². The minimum Gasteiger partial charge on any atom is -0.103 e. The van der Waals surface area contributed by atoms with E-state index >= 15 is 0 Å². The summed E-state index contributed by atoms with van der Waals surface area (Å²) in [5, 5.41) is 0. The van der Waals surface area contributed by atoms with E-state index in [1.165, 1.54) is 6.42 Å². The molecule has 0 atom stereocenters. The molecule has 0 aliphatic heterocycles. The molecule has 0 aromatic heterocycles. The van der Waals surface area contributed by atoms with Crippen molar-refractivity contribution in [2.24, 2.45) is 0 Å². The molecule has 0 unspecified atom stereocenters. The largest absolute Gasteiger partial charge is 0.103 e. The Morgan fingerprint density at radius 1 is 1.67 bits per heavy atom. The van der Waals surface area contributed by atoms with Gasteiger partial charge in [-0.2, -0.15) is 0 Å². The van der Waals surface area contributed by atoms with E-state index in [-0.39, 0.29) is 29.6 Å². The van der Waals surface area contributed by atoms with Gasteiger partial charge in [-0.05, 0) is 6.42 Å². The van der Waals surface area contributed by atoms with Crippen LogP contribution in [0.15, 0.2) is 12.7 Å². The second-order valence-corrected chi connectivity index (χ2v) is 1.08. The zero-order chi connectivity index (χ0) is 4.12. The normalized spacial score (nSPS) is 6.17. The maximum absolute atomic E-state index is 3.55. The van der Waals surface area contributed by atoms with Gasteiger partial charge in [0.05, 0.1) is 0 Å². The molecule has 0 rings (SSSR count). The molecule has 0 bridgehead atoms. The molecule has 0 heterocycles. The second-order valence-electron chi connectivity index (χ2n) is 1.08. The maximum atomic E-state index is 3.55. The van der Waals surface area contributed by atoms with E-state index in [0.29, 0.717) is 0 Å². The molecule has 0 saturated carbocycles. The summed E-state index contributed by atoms with van der Waals surface area (Å²) in [6.45, 7) is 5.69. The number of rotatable bonds is 2. The summed E-state index contributed by atoms with van der Waals surface area (Å²) < 4.78 is 0. The van der Waals surface area contributed by atoms with Crippen LogP contribution in [-0.2, 0) is 0 Å². The summed E-state index contributed by atoms with van der Waals surface area (Å²) in [4.78, 5) is 0. The van der Waals surface area contributed by atoms with Gasteiger partial charge in [-0.25, -0.2) is 0 Å². The summed E-state index contributed by atoms with van der Waals surface area (Å²) >= 11 is 0. The predicted octanol–water partition coefficient (Wildman–Crippen LogP) is 1.59. The molecular weight excluding hydrogens is 83.0 g/mol. The minimum absolute atomic E-state index is 0. The molecular formula is C5H10Na. The molecule has 0 aliphatic rings. The molecule has 0 nitrogen and oxygen atoms in total. The third-order valence-electron chi connectivity index (χ3n) is 0.493. The van der Waals surface area contributed by atoms with Gasteiger partial charge in [-0.1, -0.05) is 19.4 Å². The van der Waals surface area contributed by atoms with Gasteiger partial charge in [0.1, 0.15) is 0 Å². The van der Waals surface area contributed by atoms with Gasteiger partial charge in [-0.15, -0.1) is 6.58 Å². The zero-order valence-corrected chi connectivity index (χ0v) is 6.70. The molecule has 1 heteroatoms. The number of allylic oxidation sites excluding steroid dienone is 1. The molecule has 0 N–H and O–H groups in total. The average Bonchev–Trinajstić information content (AvgIpc) is 1.41. The Kier molecular flexibility index (Phi) is 15.2. The van der Waals surface area contributed by atoms with Crippen molar-refractivity contribution < 1.29 is 0 Å². The van der Waals surface area contributed by atoms with Crippen molar-refractivity contribution in [2.75, 3.05) is 0 Å². The topological polar surface area (TPSA) is 0 Å². The Bertz CT molecular complexity index is 25.1. The van der Waals surface area contributed by atoms with Crippen molar-refractivity contribution in [3.8, 4) is 0 Å². The first-order chi connectivity index (χ1) is 2.41. The van der Waals surface area contributed by atoms with E-state index in [1.807, 2.05) is 6.08 Å². The molecule has 0 spiro atoms. The van der Waals surface area contributed by atoms with Gasteiger partial charge in [0, 0.05) is 29.6 Å². The first-order valence-corrected chi connectivity index (χ1v) is 2.02. The van der Waals surface area contributed by atoms with Gasteiger partial charge in [0.25, 0.3) is 0 Å². The Morgan fingerprint density at radius 3 is 2.17 bits per heavy atom. The smallest absolute Gasteiger partial charge is 0 e. The molecule has 6 heavy (non-hydrogen) atoms. The standard InChI is InChI=1S/C5H10.Na/c1-3-5-4-2;/h3H,1,4-5H2,2H3;. The van der Waals surface area contributed by atoms with Crippen molar-refractivity contribution in [1.29, 1.82) is 0 Å². The molecule has 1 radical (unpaired) electrons. The van der Waals surface area contributed by atoms with Crippen molar-refractivity contribution in [1.82, 2.24) is 0 Å². The van der Waals surface area contributed by atoms with Crippen LogP contribution in [0.5, 0.6) is 0 Å². The first kappa shape index (κ1) is 9.88. The molecule has 0 aromatic carbocycles. The quantitative estimate of drug-likeness (QED) is 0.359. The van der Waals surface area contributed by atoms with E-state index in [9.17, 15) is 0 Å². The van der Waals surface area contributed by atoms with Crippen LogP contribution < -0.4 is 0 Å². The van der Waals surface area contributed by atoms with Gasteiger partial charge < -0.3 is 0 Å². The van der Waals surface area contributed by atoms with Crippen LogP contribution in [0.25, 0.3) is 0 Å². The Morgan fingerprint density at radius 2 is 2.17 bits per heavy atom. The minimum atomic E-state index is 0. The molecule has 0 amide bonds. The van der Waals surface area contributed by atoms with E-state index in [0.717, 1.165) is 6.42 Å². The van der Waals surface area contributed by atoms with Crippen molar-refractivity contribution in [3.63, 3.8) is 0 Å². The third-order valence-corrected chi connectivity index (χ3v) is 0.493. The Balaban J connectivity index is 0. The predicted molar refractivity (Wildman–Crippen MR) is 30.9 cm³/mol. The average molecular weight is 93.1 g/mol. The van der Waals surface area contributed by atoms with Crippen molar-refractivity contribution >= 4 is 29.6 Å². The Labute approximate surface area is 61.9 Å². The Hall–Kier alpha value is 0.740.